The molecule has 2 aromatic heterocycles. The van der Waals surface area contributed by atoms with Crippen LogP contribution in [0.25, 0.3) is 33.3 Å². The highest BCUT2D eigenvalue weighted by atomic mass is 16.5. The van der Waals surface area contributed by atoms with Crippen LogP contribution >= 0.6 is 0 Å². The molecule has 0 aliphatic carbocycles. The third kappa shape index (κ3) is 13.2. The summed E-state index contributed by atoms with van der Waals surface area (Å²) in [4.78, 5) is 61.2. The molecule has 2 aromatic carbocycles. The van der Waals surface area contributed by atoms with Gasteiger partial charge < -0.3 is 24.3 Å². The third-order valence-electron chi connectivity index (χ3n) is 13.9. The van der Waals surface area contributed by atoms with E-state index in [4.69, 9.17) is 14.5 Å². The van der Waals surface area contributed by atoms with E-state index in [0.29, 0.717) is 45.5 Å². The molecule has 13 heteroatoms. The Bertz CT molecular complexity index is 2470. The normalized spacial score (nSPS) is 15.7. The summed E-state index contributed by atoms with van der Waals surface area (Å²) in [5.41, 5.74) is 11.0. The Hall–Kier alpha value is -5.55. The minimum absolute atomic E-state index is 0. The van der Waals surface area contributed by atoms with Gasteiger partial charge in [-0.05, 0) is 125 Å². The molecule has 13 nitrogen and oxygen atoms in total. The highest BCUT2D eigenvalue weighted by Crippen LogP contribution is 2.42. The van der Waals surface area contributed by atoms with E-state index in [9.17, 15) is 19.2 Å². The lowest BCUT2D eigenvalue weighted by Crippen LogP contribution is -2.57. The molecule has 2 N–H and O–H groups in total. The van der Waals surface area contributed by atoms with E-state index >= 15 is 0 Å². The number of pyridine rings is 1. The minimum atomic E-state index is -0.823. The first-order valence-electron chi connectivity index (χ1n) is 24.6. The van der Waals surface area contributed by atoms with Crippen molar-refractivity contribution in [1.82, 2.24) is 35.1 Å². The lowest BCUT2D eigenvalue weighted by Gasteiger charge is -2.38. The smallest absolute Gasteiger partial charge is 0.298 e. The molecule has 4 aromatic rings. The molecule has 2 aliphatic heterocycles. The highest BCUT2D eigenvalue weighted by molar-refractivity contribution is 5.96. The SMILES string of the molecule is C.CCC(C)c1ncccc1-c1c(CC(C)(C)COC=O)c2cc(-c3cccc(CC(NC(=O)C(COC4CN(C(=O)C#CC(C)(C)N(C)C)C4)C(C)C)C(=O)N4CCCCN4)c3)ccc2n1CC. The van der Waals surface area contributed by atoms with Gasteiger partial charge in [0, 0.05) is 67.2 Å². The van der Waals surface area contributed by atoms with Crippen LogP contribution in [0.3, 0.4) is 0 Å². The van der Waals surface area contributed by atoms with Crippen LogP contribution in [0.15, 0.2) is 60.8 Å². The molecule has 0 bridgehead atoms. The molecule has 6 rings (SSSR count). The minimum Gasteiger partial charge on any atom is -0.467 e. The van der Waals surface area contributed by atoms with E-state index < -0.39 is 17.5 Å². The molecule has 69 heavy (non-hydrogen) atoms. The topological polar surface area (TPSA) is 138 Å². The van der Waals surface area contributed by atoms with E-state index in [-0.39, 0.29) is 61.7 Å². The van der Waals surface area contributed by atoms with Gasteiger partial charge >= 0.3 is 0 Å². The number of hydrazine groups is 1. The zero-order chi connectivity index (χ0) is 49.3. The lowest BCUT2D eigenvalue weighted by atomic mass is 9.83. The maximum atomic E-state index is 14.3. The highest BCUT2D eigenvalue weighted by Gasteiger charge is 2.35. The Morgan fingerprint density at radius 1 is 1.00 bits per heavy atom. The Kier molecular flexibility index (Phi) is 18.8. The van der Waals surface area contributed by atoms with E-state index in [1.165, 1.54) is 5.56 Å². The molecule has 4 heterocycles. The molecule has 2 fully saturated rings. The van der Waals surface area contributed by atoms with Crippen molar-refractivity contribution in [2.75, 3.05) is 53.5 Å². The molecule has 0 radical (unpaired) electrons. The number of nitrogens with zero attached hydrogens (tertiary/aromatic N) is 5. The number of carbonyl (C=O) groups excluding carboxylic acids is 4. The lowest BCUT2D eigenvalue weighted by molar-refractivity contribution is -0.146. The number of rotatable bonds is 20. The molecular formula is C56H79N7O6. The molecule has 0 spiro atoms. The first-order valence-corrected chi connectivity index (χ1v) is 24.6. The van der Waals surface area contributed by atoms with Crippen molar-refractivity contribution in [1.29, 1.82) is 0 Å². The number of carbonyl (C=O) groups is 4. The van der Waals surface area contributed by atoms with Gasteiger partial charge in [-0.15, -0.1) is 0 Å². The van der Waals surface area contributed by atoms with Gasteiger partial charge in [-0.1, -0.05) is 85.2 Å². The summed E-state index contributed by atoms with van der Waals surface area (Å²) in [5.74, 6) is 4.87. The number of aromatic nitrogens is 2. The van der Waals surface area contributed by atoms with Crippen LogP contribution in [0.5, 0.6) is 0 Å². The number of amides is 3. The number of nitrogens with one attached hydrogen (secondary N) is 2. The van der Waals surface area contributed by atoms with E-state index in [1.54, 1.807) is 9.91 Å². The summed E-state index contributed by atoms with van der Waals surface area (Å²) in [7, 11) is 3.86. The maximum Gasteiger partial charge on any atom is 0.298 e. The Morgan fingerprint density at radius 3 is 2.39 bits per heavy atom. The van der Waals surface area contributed by atoms with Crippen LogP contribution in [0.1, 0.15) is 112 Å². The van der Waals surface area contributed by atoms with Gasteiger partial charge in [0.25, 0.3) is 18.3 Å². The zero-order valence-corrected chi connectivity index (χ0v) is 42.4. The van der Waals surface area contributed by atoms with Gasteiger partial charge in [0.2, 0.25) is 5.91 Å². The number of benzene rings is 2. The van der Waals surface area contributed by atoms with Gasteiger partial charge in [0.05, 0.1) is 42.2 Å². The number of hydrogen-bond acceptors (Lipinski definition) is 9. The molecular weight excluding hydrogens is 867 g/mol. The van der Waals surface area contributed by atoms with Crippen molar-refractivity contribution in [3.8, 4) is 34.2 Å². The molecule has 2 saturated heterocycles. The van der Waals surface area contributed by atoms with Gasteiger partial charge in [-0.3, -0.25) is 34.1 Å². The summed E-state index contributed by atoms with van der Waals surface area (Å²) >= 11 is 0. The molecule has 3 atom stereocenters. The van der Waals surface area contributed by atoms with Crippen molar-refractivity contribution in [3.05, 3.63) is 77.6 Å². The summed E-state index contributed by atoms with van der Waals surface area (Å²) in [6, 6.07) is 18.2. The third-order valence-corrected chi connectivity index (χ3v) is 13.9. The molecule has 0 saturated carbocycles. The zero-order valence-electron chi connectivity index (χ0n) is 42.4. The maximum absolute atomic E-state index is 14.3. The van der Waals surface area contributed by atoms with Gasteiger partial charge in [-0.2, -0.15) is 0 Å². The van der Waals surface area contributed by atoms with Crippen LogP contribution in [0.2, 0.25) is 0 Å². The van der Waals surface area contributed by atoms with Crippen molar-refractivity contribution >= 4 is 35.1 Å². The standard InChI is InChI=1S/C55H75N7O6.CH4/c1-12-38(5)50-43(20-17-25-56-50)51-45(31-54(6,7)35-67-36-63)44-30-41(21-22-48(44)61(51)13-2)40-19-16-18-39(28-40)29-47(53(66)62-27-15-14-26-57-62)58-52(65)46(37(3)4)34-68-42-32-60(33-42)49(64)23-24-55(8,9)59(10)11;/h16-22,25,28,30,36-38,42,46-47,57H,12-15,26-27,29,31-35H2,1-11H3,(H,58,65);1H4. The predicted molar refractivity (Wildman–Crippen MR) is 276 cm³/mol. The van der Waals surface area contributed by atoms with E-state index in [2.05, 4.69) is 98.2 Å². The fraction of sp³-hybridized carbons (Fsp3) is 0.554. The fourth-order valence-corrected chi connectivity index (χ4v) is 8.99. The van der Waals surface area contributed by atoms with Crippen molar-refractivity contribution in [2.45, 2.75) is 132 Å². The molecule has 2 aliphatic rings. The number of ether oxygens (including phenoxy) is 2. The molecule has 3 unspecified atom stereocenters. The van der Waals surface area contributed by atoms with Crippen molar-refractivity contribution < 1.29 is 28.7 Å². The molecule has 3 amide bonds. The second kappa shape index (κ2) is 23.8. The van der Waals surface area contributed by atoms with E-state index in [1.807, 2.05) is 71.1 Å². The molecule has 374 valence electrons. The average Bonchev–Trinajstić information content (AvgIpc) is 3.61. The van der Waals surface area contributed by atoms with Crippen molar-refractivity contribution in [2.24, 2.45) is 17.3 Å². The average molecular weight is 946 g/mol. The second-order valence-corrected chi connectivity index (χ2v) is 20.6. The quantitative estimate of drug-likeness (QED) is 0.0663. The van der Waals surface area contributed by atoms with Crippen LogP contribution < -0.4 is 10.7 Å². The van der Waals surface area contributed by atoms with Gasteiger partial charge in [0.1, 0.15) is 6.04 Å². The predicted octanol–water partition coefficient (Wildman–Crippen LogP) is 8.28. The first-order chi connectivity index (χ1) is 32.4. The van der Waals surface area contributed by atoms with Crippen LogP contribution in [-0.2, 0) is 48.0 Å². The van der Waals surface area contributed by atoms with Crippen LogP contribution in [0, 0.1) is 29.1 Å². The Morgan fingerprint density at radius 2 is 1.74 bits per heavy atom. The summed E-state index contributed by atoms with van der Waals surface area (Å²) in [6.07, 6.45) is 5.45. The summed E-state index contributed by atoms with van der Waals surface area (Å²) in [5, 5.41) is 5.95. The van der Waals surface area contributed by atoms with Gasteiger partial charge in [0.15, 0.2) is 0 Å². The van der Waals surface area contributed by atoms with Crippen molar-refractivity contribution in [3.63, 3.8) is 0 Å². The number of hydrogen-bond donors (Lipinski definition) is 2. The Labute approximate surface area is 412 Å². The number of likely N-dealkylation sites (tertiary alicyclic amines) is 1. The summed E-state index contributed by atoms with van der Waals surface area (Å²) < 4.78 is 14.0. The second-order valence-electron chi connectivity index (χ2n) is 20.6. The number of fused-ring (bicyclic) bond motifs is 1. The van der Waals surface area contributed by atoms with Crippen LogP contribution in [0.4, 0.5) is 0 Å². The fourth-order valence-electron chi connectivity index (χ4n) is 8.99. The largest absolute Gasteiger partial charge is 0.467 e. The summed E-state index contributed by atoms with van der Waals surface area (Å²) in [6.45, 7) is 22.6. The van der Waals surface area contributed by atoms with Gasteiger partial charge in [-0.25, -0.2) is 5.43 Å². The van der Waals surface area contributed by atoms with Crippen LogP contribution in [-0.4, -0.2) is 120 Å². The monoisotopic (exact) mass is 946 g/mol. The van der Waals surface area contributed by atoms with E-state index in [0.717, 1.165) is 70.4 Å². The number of aryl methyl sites for hydroxylation is 1. The first kappa shape index (κ1) is 54.4. The Balaban J connectivity index is 0.00000888.